The number of hydrogen-bond acceptors (Lipinski definition) is 2. The van der Waals surface area contributed by atoms with Crippen LogP contribution in [0, 0.1) is 6.92 Å². The van der Waals surface area contributed by atoms with Gasteiger partial charge in [0.1, 0.15) is 0 Å². The van der Waals surface area contributed by atoms with Crippen LogP contribution in [0.2, 0.25) is 0 Å². The highest BCUT2D eigenvalue weighted by molar-refractivity contribution is 5.89. The minimum Gasteiger partial charge on any atom is -0.459 e. The second kappa shape index (κ2) is 4.80. The zero-order chi connectivity index (χ0) is 10.6. The Hall–Kier alpha value is -1.31. The van der Waals surface area contributed by atoms with E-state index in [-0.39, 0.29) is 12.1 Å². The molecule has 0 fully saturated rings. The molecule has 0 aliphatic heterocycles. The van der Waals surface area contributed by atoms with Crippen LogP contribution in [-0.4, -0.2) is 12.1 Å². The van der Waals surface area contributed by atoms with Gasteiger partial charge in [0.05, 0.1) is 11.7 Å². The highest BCUT2D eigenvalue weighted by Crippen LogP contribution is 2.08. The fourth-order valence-electron chi connectivity index (χ4n) is 1.11. The maximum Gasteiger partial charge on any atom is 0.338 e. The summed E-state index contributed by atoms with van der Waals surface area (Å²) in [4.78, 5) is 11.5. The van der Waals surface area contributed by atoms with Gasteiger partial charge < -0.3 is 4.74 Å². The highest BCUT2D eigenvalue weighted by atomic mass is 16.5. The lowest BCUT2D eigenvalue weighted by atomic mass is 10.1. The van der Waals surface area contributed by atoms with E-state index in [0.29, 0.717) is 5.56 Å². The van der Waals surface area contributed by atoms with Gasteiger partial charge in [-0.1, -0.05) is 24.6 Å². The zero-order valence-corrected chi connectivity index (χ0v) is 8.91. The lowest BCUT2D eigenvalue weighted by molar-refractivity contribution is 0.0334. The third-order valence-electron chi connectivity index (χ3n) is 2.14. The molecule has 0 N–H and O–H groups in total. The lowest BCUT2D eigenvalue weighted by Crippen LogP contribution is -2.13. The molecule has 0 saturated heterocycles. The summed E-state index contributed by atoms with van der Waals surface area (Å²) >= 11 is 0. The van der Waals surface area contributed by atoms with Crippen LogP contribution in [0.1, 0.15) is 36.2 Å². The monoisotopic (exact) mass is 192 g/mol. The van der Waals surface area contributed by atoms with Gasteiger partial charge in [0.2, 0.25) is 0 Å². The number of hydrogen-bond donors (Lipinski definition) is 0. The van der Waals surface area contributed by atoms with Crippen LogP contribution in [0.4, 0.5) is 0 Å². The average Bonchev–Trinajstić information content (AvgIpc) is 2.17. The molecule has 14 heavy (non-hydrogen) atoms. The van der Waals surface area contributed by atoms with Crippen molar-refractivity contribution >= 4 is 5.97 Å². The predicted molar refractivity (Wildman–Crippen MR) is 56.3 cm³/mol. The first kappa shape index (κ1) is 10.8. The van der Waals surface area contributed by atoms with Crippen molar-refractivity contribution in [3.63, 3.8) is 0 Å². The molecule has 0 unspecified atom stereocenters. The van der Waals surface area contributed by atoms with E-state index in [2.05, 4.69) is 0 Å². The number of benzene rings is 1. The lowest BCUT2D eigenvalue weighted by Gasteiger charge is -2.10. The van der Waals surface area contributed by atoms with E-state index >= 15 is 0 Å². The molecule has 2 nitrogen and oxygen atoms in total. The van der Waals surface area contributed by atoms with E-state index in [9.17, 15) is 4.79 Å². The maximum absolute atomic E-state index is 11.5. The average molecular weight is 192 g/mol. The predicted octanol–water partition coefficient (Wildman–Crippen LogP) is 2.95. The van der Waals surface area contributed by atoms with Crippen LogP contribution in [-0.2, 0) is 4.74 Å². The Morgan fingerprint density at radius 3 is 2.79 bits per heavy atom. The van der Waals surface area contributed by atoms with Gasteiger partial charge in [-0.05, 0) is 32.4 Å². The summed E-state index contributed by atoms with van der Waals surface area (Å²) in [5.41, 5.74) is 1.70. The summed E-state index contributed by atoms with van der Waals surface area (Å²) < 4.78 is 5.20. The number of aryl methyl sites for hydroxylation is 1. The Balaban J connectivity index is 2.70. The molecule has 0 radical (unpaired) electrons. The third-order valence-corrected chi connectivity index (χ3v) is 2.14. The fraction of sp³-hybridized carbons (Fsp3) is 0.417. The van der Waals surface area contributed by atoms with Crippen LogP contribution in [0.5, 0.6) is 0 Å². The Morgan fingerprint density at radius 2 is 2.21 bits per heavy atom. The molecule has 2 heteroatoms. The van der Waals surface area contributed by atoms with E-state index < -0.39 is 0 Å². The van der Waals surface area contributed by atoms with E-state index in [4.69, 9.17) is 4.74 Å². The normalized spacial score (nSPS) is 12.2. The van der Waals surface area contributed by atoms with Gasteiger partial charge in [-0.15, -0.1) is 0 Å². The number of ether oxygens (including phenoxy) is 1. The molecular formula is C12H16O2. The maximum atomic E-state index is 11.5. The molecule has 0 aliphatic rings. The number of carbonyl (C=O) groups is 1. The molecule has 0 bridgehead atoms. The first-order valence-electron chi connectivity index (χ1n) is 4.91. The number of carbonyl (C=O) groups excluding carboxylic acids is 1. The van der Waals surface area contributed by atoms with Crippen molar-refractivity contribution in [2.24, 2.45) is 0 Å². The van der Waals surface area contributed by atoms with Crippen LogP contribution >= 0.6 is 0 Å². The van der Waals surface area contributed by atoms with E-state index in [1.165, 1.54) is 0 Å². The van der Waals surface area contributed by atoms with Gasteiger partial charge in [-0.25, -0.2) is 4.79 Å². The molecule has 1 aromatic carbocycles. The van der Waals surface area contributed by atoms with E-state index in [0.717, 1.165) is 12.0 Å². The molecule has 1 aromatic rings. The van der Waals surface area contributed by atoms with Crippen LogP contribution in [0.3, 0.4) is 0 Å². The summed E-state index contributed by atoms with van der Waals surface area (Å²) in [6, 6.07) is 7.44. The summed E-state index contributed by atoms with van der Waals surface area (Å²) in [6.45, 7) is 5.85. The Morgan fingerprint density at radius 1 is 1.50 bits per heavy atom. The quantitative estimate of drug-likeness (QED) is 0.688. The molecule has 0 spiro atoms. The molecule has 0 aliphatic carbocycles. The van der Waals surface area contributed by atoms with Crippen molar-refractivity contribution in [3.05, 3.63) is 35.4 Å². The Bertz CT molecular complexity index is 318. The van der Waals surface area contributed by atoms with Gasteiger partial charge in [0.15, 0.2) is 0 Å². The summed E-state index contributed by atoms with van der Waals surface area (Å²) in [6.07, 6.45) is 0.834. The molecule has 1 rings (SSSR count). The summed E-state index contributed by atoms with van der Waals surface area (Å²) in [5, 5.41) is 0. The summed E-state index contributed by atoms with van der Waals surface area (Å²) in [7, 11) is 0. The van der Waals surface area contributed by atoms with Crippen molar-refractivity contribution in [2.45, 2.75) is 33.3 Å². The van der Waals surface area contributed by atoms with Gasteiger partial charge in [0, 0.05) is 0 Å². The van der Waals surface area contributed by atoms with Crippen molar-refractivity contribution in [3.8, 4) is 0 Å². The van der Waals surface area contributed by atoms with Crippen LogP contribution in [0.15, 0.2) is 24.3 Å². The van der Waals surface area contributed by atoms with Gasteiger partial charge >= 0.3 is 5.97 Å². The fourth-order valence-corrected chi connectivity index (χ4v) is 1.11. The number of rotatable bonds is 3. The smallest absolute Gasteiger partial charge is 0.338 e. The molecular weight excluding hydrogens is 176 g/mol. The van der Waals surface area contributed by atoms with Gasteiger partial charge in [-0.2, -0.15) is 0 Å². The minimum atomic E-state index is -0.233. The topological polar surface area (TPSA) is 26.3 Å². The van der Waals surface area contributed by atoms with Crippen LogP contribution < -0.4 is 0 Å². The molecule has 0 aromatic heterocycles. The first-order chi connectivity index (χ1) is 6.63. The van der Waals surface area contributed by atoms with Crippen molar-refractivity contribution in [2.75, 3.05) is 0 Å². The highest BCUT2D eigenvalue weighted by Gasteiger charge is 2.09. The van der Waals surface area contributed by atoms with E-state index in [1.807, 2.05) is 39.0 Å². The first-order valence-corrected chi connectivity index (χ1v) is 4.91. The largest absolute Gasteiger partial charge is 0.459 e. The van der Waals surface area contributed by atoms with Crippen molar-refractivity contribution < 1.29 is 9.53 Å². The number of esters is 1. The second-order valence-electron chi connectivity index (χ2n) is 3.49. The second-order valence-corrected chi connectivity index (χ2v) is 3.49. The Labute approximate surface area is 84.9 Å². The molecule has 76 valence electrons. The molecule has 0 heterocycles. The van der Waals surface area contributed by atoms with E-state index in [1.54, 1.807) is 6.07 Å². The minimum absolute atomic E-state index is 0.0111. The van der Waals surface area contributed by atoms with Gasteiger partial charge in [-0.3, -0.25) is 0 Å². The summed E-state index contributed by atoms with van der Waals surface area (Å²) in [5.74, 6) is -0.233. The molecule has 0 saturated carbocycles. The van der Waals surface area contributed by atoms with Gasteiger partial charge in [0.25, 0.3) is 0 Å². The standard InChI is InChI=1S/C12H16O2/c1-4-10(3)14-12(13)11-7-5-6-9(2)8-11/h5-8,10H,4H2,1-3H3/t10-/m0/s1. The Kier molecular flexibility index (Phi) is 3.69. The van der Waals surface area contributed by atoms with Crippen LogP contribution in [0.25, 0.3) is 0 Å². The molecule has 0 amide bonds. The third kappa shape index (κ3) is 2.87. The zero-order valence-electron chi connectivity index (χ0n) is 8.91. The van der Waals surface area contributed by atoms with Crippen molar-refractivity contribution in [1.82, 2.24) is 0 Å². The molecule has 1 atom stereocenters. The SMILES string of the molecule is CC[C@H](C)OC(=O)c1cccc(C)c1. The van der Waals surface area contributed by atoms with Crippen molar-refractivity contribution in [1.29, 1.82) is 0 Å².